The number of nitrogens with one attached hydrogen (secondary N) is 2. The SMILES string of the molecule is COCC1CCCN1c1nccc(-c2ccc(C(=O)NCCc3ccc4[nH]cc(C#N)c4c3)cc2)n1. The number of carbonyl (C=O) groups excluding carboxylic acids is 1. The summed E-state index contributed by atoms with van der Waals surface area (Å²) in [7, 11) is 1.72. The molecule has 1 atom stereocenters. The van der Waals surface area contributed by atoms with Crippen LogP contribution in [0.1, 0.15) is 34.3 Å². The minimum Gasteiger partial charge on any atom is -0.383 e. The fraction of sp³-hybridized carbons (Fsp3) is 0.286. The van der Waals surface area contributed by atoms with E-state index in [-0.39, 0.29) is 5.91 Å². The molecule has 0 bridgehead atoms. The van der Waals surface area contributed by atoms with Gasteiger partial charge in [-0.3, -0.25) is 4.79 Å². The van der Waals surface area contributed by atoms with Gasteiger partial charge in [0.05, 0.1) is 23.9 Å². The predicted molar refractivity (Wildman–Crippen MR) is 139 cm³/mol. The van der Waals surface area contributed by atoms with Gasteiger partial charge in [-0.25, -0.2) is 9.97 Å². The Labute approximate surface area is 209 Å². The summed E-state index contributed by atoms with van der Waals surface area (Å²) in [6, 6.07) is 17.8. The van der Waals surface area contributed by atoms with Gasteiger partial charge in [-0.2, -0.15) is 5.26 Å². The highest BCUT2D eigenvalue weighted by molar-refractivity contribution is 5.94. The van der Waals surface area contributed by atoms with E-state index < -0.39 is 0 Å². The third kappa shape index (κ3) is 4.92. The number of aromatic amines is 1. The number of nitriles is 1. The Morgan fingerprint density at radius 2 is 2.11 bits per heavy atom. The Balaban J connectivity index is 1.21. The van der Waals surface area contributed by atoms with Crippen molar-refractivity contribution in [3.8, 4) is 17.3 Å². The average Bonchev–Trinajstić information content (AvgIpc) is 3.55. The van der Waals surface area contributed by atoms with Gasteiger partial charge in [0.15, 0.2) is 0 Å². The lowest BCUT2D eigenvalue weighted by Crippen LogP contribution is -2.34. The molecule has 0 spiro atoms. The van der Waals surface area contributed by atoms with Crippen molar-refractivity contribution in [1.82, 2.24) is 20.3 Å². The highest BCUT2D eigenvalue weighted by Gasteiger charge is 2.26. The molecule has 2 aromatic heterocycles. The molecule has 1 amide bonds. The van der Waals surface area contributed by atoms with Crippen molar-refractivity contribution in [2.45, 2.75) is 25.3 Å². The molecule has 36 heavy (non-hydrogen) atoms. The Hall–Kier alpha value is -4.22. The van der Waals surface area contributed by atoms with Gasteiger partial charge in [-0.1, -0.05) is 18.2 Å². The Morgan fingerprint density at radius 3 is 2.92 bits per heavy atom. The van der Waals surface area contributed by atoms with Crippen LogP contribution in [0.2, 0.25) is 0 Å². The van der Waals surface area contributed by atoms with Crippen LogP contribution in [0, 0.1) is 11.3 Å². The minimum absolute atomic E-state index is 0.121. The summed E-state index contributed by atoms with van der Waals surface area (Å²) >= 11 is 0. The summed E-state index contributed by atoms with van der Waals surface area (Å²) in [5.74, 6) is 0.596. The Morgan fingerprint density at radius 1 is 1.25 bits per heavy atom. The zero-order valence-electron chi connectivity index (χ0n) is 20.2. The molecule has 2 N–H and O–H groups in total. The minimum atomic E-state index is -0.121. The molecule has 182 valence electrons. The first-order valence-corrected chi connectivity index (χ1v) is 12.1. The van der Waals surface area contributed by atoms with Gasteiger partial charge in [0.1, 0.15) is 6.07 Å². The standard InChI is InChI=1S/C28H28N6O2/c1-36-18-23-3-2-14-34(23)28-31-13-11-25(33-28)20-5-7-21(8-6-20)27(35)30-12-10-19-4-9-26-24(15-19)22(16-29)17-32-26/h4-9,11,13,15,17,23,32H,2-3,10,12,14,18H2,1H3,(H,30,35). The zero-order chi connectivity index (χ0) is 24.9. The quantitative estimate of drug-likeness (QED) is 0.394. The number of H-pyrrole nitrogens is 1. The number of carbonyl (C=O) groups is 1. The lowest BCUT2D eigenvalue weighted by molar-refractivity contribution is 0.0954. The maximum absolute atomic E-state index is 12.7. The molecule has 1 unspecified atom stereocenters. The molecule has 3 heterocycles. The third-order valence-electron chi connectivity index (χ3n) is 6.64. The van der Waals surface area contributed by atoms with Gasteiger partial charge in [-0.05, 0) is 55.2 Å². The maximum atomic E-state index is 12.7. The Kier molecular flexibility index (Phi) is 6.92. The van der Waals surface area contributed by atoms with Crippen LogP contribution in [0.15, 0.2) is 60.9 Å². The molecule has 2 aromatic carbocycles. The van der Waals surface area contributed by atoms with Gasteiger partial charge in [0, 0.05) is 54.6 Å². The van der Waals surface area contributed by atoms with E-state index in [0.29, 0.717) is 42.7 Å². The first-order chi connectivity index (χ1) is 17.7. The van der Waals surface area contributed by atoms with Crippen LogP contribution < -0.4 is 10.2 Å². The number of nitrogens with zero attached hydrogens (tertiary/aromatic N) is 4. The number of hydrogen-bond donors (Lipinski definition) is 2. The van der Waals surface area contributed by atoms with Crippen LogP contribution in [0.3, 0.4) is 0 Å². The van der Waals surface area contributed by atoms with Crippen molar-refractivity contribution in [3.05, 3.63) is 77.6 Å². The van der Waals surface area contributed by atoms with Crippen LogP contribution >= 0.6 is 0 Å². The number of methoxy groups -OCH3 is 1. The van der Waals surface area contributed by atoms with E-state index in [4.69, 9.17) is 9.72 Å². The van der Waals surface area contributed by atoms with Crippen molar-refractivity contribution in [3.63, 3.8) is 0 Å². The van der Waals surface area contributed by atoms with Crippen molar-refractivity contribution in [1.29, 1.82) is 5.26 Å². The van der Waals surface area contributed by atoms with Crippen molar-refractivity contribution >= 4 is 22.8 Å². The van der Waals surface area contributed by atoms with Crippen molar-refractivity contribution in [2.24, 2.45) is 0 Å². The fourth-order valence-electron chi connectivity index (χ4n) is 4.74. The normalized spacial score (nSPS) is 15.2. The second-order valence-corrected chi connectivity index (χ2v) is 8.96. The third-order valence-corrected chi connectivity index (χ3v) is 6.64. The van der Waals surface area contributed by atoms with Crippen LogP contribution in [0.5, 0.6) is 0 Å². The maximum Gasteiger partial charge on any atom is 0.251 e. The topological polar surface area (TPSA) is 107 Å². The van der Waals surface area contributed by atoms with Gasteiger partial charge in [-0.15, -0.1) is 0 Å². The molecule has 0 radical (unpaired) electrons. The number of ether oxygens (including phenoxy) is 1. The summed E-state index contributed by atoms with van der Waals surface area (Å²) in [5, 5.41) is 13.1. The van der Waals surface area contributed by atoms with E-state index in [1.165, 1.54) is 0 Å². The van der Waals surface area contributed by atoms with E-state index in [0.717, 1.165) is 47.1 Å². The predicted octanol–water partition coefficient (Wildman–Crippen LogP) is 4.08. The molecule has 8 nitrogen and oxygen atoms in total. The van der Waals surface area contributed by atoms with Crippen molar-refractivity contribution < 1.29 is 9.53 Å². The van der Waals surface area contributed by atoms with E-state index in [9.17, 15) is 10.1 Å². The van der Waals surface area contributed by atoms with Gasteiger partial charge < -0.3 is 19.9 Å². The summed E-state index contributed by atoms with van der Waals surface area (Å²) in [5.41, 5.74) is 4.99. The van der Waals surface area contributed by atoms with Crippen LogP contribution in [0.25, 0.3) is 22.2 Å². The van der Waals surface area contributed by atoms with E-state index in [2.05, 4.69) is 26.3 Å². The van der Waals surface area contributed by atoms with Crippen LogP contribution in [0.4, 0.5) is 5.95 Å². The van der Waals surface area contributed by atoms with E-state index in [1.54, 1.807) is 19.5 Å². The summed E-state index contributed by atoms with van der Waals surface area (Å²) in [4.78, 5) is 27.2. The molecule has 8 heteroatoms. The molecule has 0 aliphatic carbocycles. The molecule has 5 rings (SSSR count). The van der Waals surface area contributed by atoms with Gasteiger partial charge in [0.25, 0.3) is 5.91 Å². The lowest BCUT2D eigenvalue weighted by Gasteiger charge is -2.24. The highest BCUT2D eigenvalue weighted by Crippen LogP contribution is 2.25. The number of anilines is 1. The molecule has 4 aromatic rings. The second-order valence-electron chi connectivity index (χ2n) is 8.96. The molecule has 1 aliphatic rings. The number of fused-ring (bicyclic) bond motifs is 1. The fourth-order valence-corrected chi connectivity index (χ4v) is 4.74. The van der Waals surface area contributed by atoms with Crippen LogP contribution in [-0.4, -0.2) is 53.7 Å². The van der Waals surface area contributed by atoms with E-state index >= 15 is 0 Å². The molecular formula is C28H28N6O2. The van der Waals surface area contributed by atoms with Gasteiger partial charge >= 0.3 is 0 Å². The number of amides is 1. The first kappa shape index (κ1) is 23.5. The number of hydrogen-bond acceptors (Lipinski definition) is 6. The number of benzene rings is 2. The Bertz CT molecular complexity index is 1410. The monoisotopic (exact) mass is 480 g/mol. The number of aromatic nitrogens is 3. The van der Waals surface area contributed by atoms with Crippen LogP contribution in [-0.2, 0) is 11.2 Å². The second kappa shape index (κ2) is 10.6. The molecule has 1 fully saturated rings. The zero-order valence-corrected chi connectivity index (χ0v) is 20.2. The summed E-state index contributed by atoms with van der Waals surface area (Å²) in [6.45, 7) is 2.10. The smallest absolute Gasteiger partial charge is 0.251 e. The molecule has 1 aliphatic heterocycles. The highest BCUT2D eigenvalue weighted by atomic mass is 16.5. The molecule has 0 saturated carbocycles. The van der Waals surface area contributed by atoms with Crippen molar-refractivity contribution in [2.75, 3.05) is 31.7 Å². The molecule has 1 saturated heterocycles. The average molecular weight is 481 g/mol. The lowest BCUT2D eigenvalue weighted by atomic mass is 10.1. The molecular weight excluding hydrogens is 452 g/mol. The summed E-state index contributed by atoms with van der Waals surface area (Å²) in [6.07, 6.45) is 6.36. The van der Waals surface area contributed by atoms with E-state index in [1.807, 2.05) is 48.5 Å². The number of rotatable bonds is 8. The largest absolute Gasteiger partial charge is 0.383 e. The van der Waals surface area contributed by atoms with Gasteiger partial charge in [0.2, 0.25) is 5.95 Å². The first-order valence-electron chi connectivity index (χ1n) is 12.1. The summed E-state index contributed by atoms with van der Waals surface area (Å²) < 4.78 is 5.36.